The molecule has 1 aliphatic rings. The number of carboxylic acid groups (broad SMARTS) is 1. The van der Waals surface area contributed by atoms with Crippen LogP contribution in [0.3, 0.4) is 0 Å². The van der Waals surface area contributed by atoms with Gasteiger partial charge in [0.1, 0.15) is 6.04 Å². The van der Waals surface area contributed by atoms with Crippen molar-refractivity contribution in [2.75, 3.05) is 18.1 Å². The fourth-order valence-corrected chi connectivity index (χ4v) is 2.44. The van der Waals surface area contributed by atoms with Gasteiger partial charge in [-0.2, -0.15) is 0 Å². The zero-order valence-electron chi connectivity index (χ0n) is 7.19. The Labute approximate surface area is 80.4 Å². The molecule has 14 heavy (non-hydrogen) atoms. The van der Waals surface area contributed by atoms with Crippen molar-refractivity contribution in [3.8, 4) is 0 Å². The second kappa shape index (κ2) is 3.82. The molecule has 0 saturated carbocycles. The van der Waals surface area contributed by atoms with Gasteiger partial charge in [-0.25, -0.2) is 13.2 Å². The van der Waals surface area contributed by atoms with E-state index in [2.05, 4.69) is 5.32 Å². The highest BCUT2D eigenvalue weighted by atomic mass is 32.2. The number of amides is 2. The zero-order chi connectivity index (χ0) is 10.8. The molecule has 1 rings (SSSR count). The minimum atomic E-state index is -3.36. The first-order valence-electron chi connectivity index (χ1n) is 3.88. The average Bonchev–Trinajstić information content (AvgIpc) is 2.10. The lowest BCUT2D eigenvalue weighted by atomic mass is 10.3. The van der Waals surface area contributed by atoms with Crippen molar-refractivity contribution >= 4 is 21.8 Å². The molecule has 0 bridgehead atoms. The summed E-state index contributed by atoms with van der Waals surface area (Å²) in [4.78, 5) is 21.4. The molecule has 80 valence electrons. The van der Waals surface area contributed by atoms with Gasteiger partial charge in [-0.3, -0.25) is 4.79 Å². The summed E-state index contributed by atoms with van der Waals surface area (Å²) < 4.78 is 22.4. The van der Waals surface area contributed by atoms with Crippen molar-refractivity contribution in [3.63, 3.8) is 0 Å². The van der Waals surface area contributed by atoms with Gasteiger partial charge in [0.15, 0.2) is 9.84 Å². The molecule has 0 aromatic heterocycles. The lowest BCUT2D eigenvalue weighted by Gasteiger charge is -2.11. The standard InChI is InChI=1S/C6H10N2O5S/c9-5-4(8-6(10)11)3-14(12,13)2-1-7-5/h4,8H,1-3H2,(H,7,9)(H,10,11)/t4-/m0/s1. The summed E-state index contributed by atoms with van der Waals surface area (Å²) in [6.07, 6.45) is -1.41. The zero-order valence-corrected chi connectivity index (χ0v) is 8.00. The first-order chi connectivity index (χ1) is 6.41. The molecule has 0 spiro atoms. The molecule has 0 radical (unpaired) electrons. The Morgan fingerprint density at radius 3 is 2.79 bits per heavy atom. The highest BCUT2D eigenvalue weighted by molar-refractivity contribution is 7.91. The van der Waals surface area contributed by atoms with E-state index >= 15 is 0 Å². The van der Waals surface area contributed by atoms with Gasteiger partial charge in [0.05, 0.1) is 11.5 Å². The van der Waals surface area contributed by atoms with Crippen LogP contribution in [0.5, 0.6) is 0 Å². The Bertz CT molecular complexity index is 349. The van der Waals surface area contributed by atoms with Crippen LogP contribution in [-0.2, 0) is 14.6 Å². The molecular weight excluding hydrogens is 212 g/mol. The Balaban J connectivity index is 2.79. The van der Waals surface area contributed by atoms with Crippen molar-refractivity contribution in [1.29, 1.82) is 0 Å². The van der Waals surface area contributed by atoms with Crippen LogP contribution in [0.25, 0.3) is 0 Å². The largest absolute Gasteiger partial charge is 0.465 e. The Hall–Kier alpha value is -1.31. The van der Waals surface area contributed by atoms with E-state index in [0.717, 1.165) is 0 Å². The minimum absolute atomic E-state index is 0.0268. The third kappa shape index (κ3) is 2.87. The molecule has 1 aliphatic heterocycles. The highest BCUT2D eigenvalue weighted by Gasteiger charge is 2.29. The fraction of sp³-hybridized carbons (Fsp3) is 0.667. The van der Waals surface area contributed by atoms with Gasteiger partial charge in [-0.1, -0.05) is 0 Å². The number of sulfone groups is 1. The summed E-state index contributed by atoms with van der Waals surface area (Å²) >= 11 is 0. The molecule has 0 aliphatic carbocycles. The maximum absolute atomic E-state index is 11.2. The van der Waals surface area contributed by atoms with E-state index in [-0.39, 0.29) is 12.3 Å². The normalized spacial score (nSPS) is 26.0. The minimum Gasteiger partial charge on any atom is -0.465 e. The summed E-state index contributed by atoms with van der Waals surface area (Å²) in [5, 5.41) is 12.5. The average molecular weight is 222 g/mol. The Morgan fingerprint density at radius 2 is 2.21 bits per heavy atom. The molecule has 0 aromatic rings. The van der Waals surface area contributed by atoms with Gasteiger partial charge >= 0.3 is 6.09 Å². The molecule has 8 heteroatoms. The summed E-state index contributed by atoms with van der Waals surface area (Å²) in [6, 6.07) is -1.21. The molecule has 1 heterocycles. The van der Waals surface area contributed by atoms with Crippen LogP contribution in [0.15, 0.2) is 0 Å². The summed E-state index contributed by atoms with van der Waals surface area (Å²) in [7, 11) is -3.36. The van der Waals surface area contributed by atoms with E-state index in [4.69, 9.17) is 5.11 Å². The molecule has 3 N–H and O–H groups in total. The second-order valence-corrected chi connectivity index (χ2v) is 5.14. The van der Waals surface area contributed by atoms with E-state index in [1.54, 1.807) is 0 Å². The van der Waals surface area contributed by atoms with Crippen LogP contribution in [0.2, 0.25) is 0 Å². The molecule has 1 atom stereocenters. The van der Waals surface area contributed by atoms with Gasteiger partial charge in [0, 0.05) is 6.54 Å². The van der Waals surface area contributed by atoms with Gasteiger partial charge in [0.25, 0.3) is 0 Å². The molecular formula is C6H10N2O5S. The monoisotopic (exact) mass is 222 g/mol. The smallest absolute Gasteiger partial charge is 0.405 e. The van der Waals surface area contributed by atoms with Crippen molar-refractivity contribution in [3.05, 3.63) is 0 Å². The van der Waals surface area contributed by atoms with Crippen molar-refractivity contribution in [2.24, 2.45) is 0 Å². The summed E-state index contributed by atoms with van der Waals surface area (Å²) in [6.45, 7) is 0.0268. The second-order valence-electron chi connectivity index (χ2n) is 2.91. The van der Waals surface area contributed by atoms with Crippen molar-refractivity contribution < 1.29 is 23.1 Å². The van der Waals surface area contributed by atoms with Crippen LogP contribution in [0.1, 0.15) is 0 Å². The number of hydrogen-bond donors (Lipinski definition) is 3. The molecule has 0 unspecified atom stereocenters. The quantitative estimate of drug-likeness (QED) is 0.483. The van der Waals surface area contributed by atoms with Gasteiger partial charge in [-0.15, -0.1) is 0 Å². The van der Waals surface area contributed by atoms with Crippen LogP contribution in [0, 0.1) is 0 Å². The van der Waals surface area contributed by atoms with E-state index in [0.29, 0.717) is 0 Å². The molecule has 7 nitrogen and oxygen atoms in total. The topological polar surface area (TPSA) is 113 Å². The Morgan fingerprint density at radius 1 is 1.57 bits per heavy atom. The SMILES string of the molecule is O=C(O)N[C@H]1CS(=O)(=O)CCNC1=O. The maximum Gasteiger partial charge on any atom is 0.405 e. The number of carbonyl (C=O) groups is 2. The molecule has 1 fully saturated rings. The highest BCUT2D eigenvalue weighted by Crippen LogP contribution is 1.99. The van der Waals surface area contributed by atoms with Crippen molar-refractivity contribution in [1.82, 2.24) is 10.6 Å². The Kier molecular flexibility index (Phi) is 2.94. The summed E-state index contributed by atoms with van der Waals surface area (Å²) in [5.41, 5.74) is 0. The predicted molar refractivity (Wildman–Crippen MR) is 46.6 cm³/mol. The lowest BCUT2D eigenvalue weighted by Crippen LogP contribution is -2.47. The molecule has 0 aromatic carbocycles. The number of nitrogens with one attached hydrogen (secondary N) is 2. The van der Waals surface area contributed by atoms with E-state index < -0.39 is 33.6 Å². The lowest BCUT2D eigenvalue weighted by molar-refractivity contribution is -0.122. The number of carbonyl (C=O) groups excluding carboxylic acids is 1. The van der Waals surface area contributed by atoms with Gasteiger partial charge in [-0.05, 0) is 0 Å². The van der Waals surface area contributed by atoms with E-state index in [1.807, 2.05) is 5.32 Å². The van der Waals surface area contributed by atoms with Crippen LogP contribution in [-0.4, -0.2) is 49.6 Å². The van der Waals surface area contributed by atoms with Crippen LogP contribution >= 0.6 is 0 Å². The first kappa shape index (κ1) is 10.8. The van der Waals surface area contributed by atoms with Crippen LogP contribution < -0.4 is 10.6 Å². The third-order valence-electron chi connectivity index (χ3n) is 1.75. The predicted octanol–water partition coefficient (Wildman–Crippen LogP) is -1.83. The molecule has 2 amide bonds. The van der Waals surface area contributed by atoms with Gasteiger partial charge < -0.3 is 15.7 Å². The fourth-order valence-electron chi connectivity index (χ4n) is 1.12. The summed E-state index contributed by atoms with van der Waals surface area (Å²) in [5.74, 6) is -1.24. The number of hydrogen-bond acceptors (Lipinski definition) is 4. The van der Waals surface area contributed by atoms with Crippen LogP contribution in [0.4, 0.5) is 4.79 Å². The van der Waals surface area contributed by atoms with Gasteiger partial charge in [0.2, 0.25) is 5.91 Å². The first-order valence-corrected chi connectivity index (χ1v) is 5.70. The van der Waals surface area contributed by atoms with Crippen molar-refractivity contribution in [2.45, 2.75) is 6.04 Å². The van der Waals surface area contributed by atoms with E-state index in [1.165, 1.54) is 0 Å². The maximum atomic E-state index is 11.2. The molecule has 1 saturated heterocycles. The van der Waals surface area contributed by atoms with E-state index in [9.17, 15) is 18.0 Å². The third-order valence-corrected chi connectivity index (χ3v) is 3.41. The number of rotatable bonds is 1.